The van der Waals surface area contributed by atoms with Crippen LogP contribution in [0.5, 0.6) is 0 Å². The molecule has 0 aromatic rings. The fraction of sp³-hybridized carbons (Fsp3) is 0.794. The predicted octanol–water partition coefficient (Wildman–Crippen LogP) is 6.47. The molecule has 3 fully saturated rings. The van der Waals surface area contributed by atoms with Gasteiger partial charge in [-0.15, -0.1) is 0 Å². The molecule has 3 aliphatic carbocycles. The van der Waals surface area contributed by atoms with E-state index in [-0.39, 0.29) is 42.3 Å². The van der Waals surface area contributed by atoms with Gasteiger partial charge in [0.1, 0.15) is 18.3 Å². The van der Waals surface area contributed by atoms with Crippen molar-refractivity contribution >= 4 is 17.9 Å². The molecule has 2 saturated carbocycles. The van der Waals surface area contributed by atoms with Crippen LogP contribution in [0.3, 0.4) is 0 Å². The minimum atomic E-state index is -0.927. The highest BCUT2D eigenvalue weighted by Crippen LogP contribution is 2.73. The van der Waals surface area contributed by atoms with Gasteiger partial charge < -0.3 is 19.3 Å². The highest BCUT2D eigenvalue weighted by atomic mass is 16.6. The Morgan fingerprint density at radius 1 is 1.07 bits per heavy atom. The second kappa shape index (κ2) is 10.8. The van der Waals surface area contributed by atoms with Crippen molar-refractivity contribution in [3.05, 3.63) is 23.3 Å². The van der Waals surface area contributed by atoms with E-state index in [9.17, 15) is 19.5 Å². The molecule has 1 N–H and O–H groups in total. The molecule has 0 spiro atoms. The molecule has 7 nitrogen and oxygen atoms in total. The summed E-state index contributed by atoms with van der Waals surface area (Å²) in [5.41, 5.74) is -0.533. The second-order valence-corrected chi connectivity index (χ2v) is 14.9. The SMILES string of the molecule is CC(=O)OC[C@]12CCC(=O)OC(C)(C)C1=C[C@@H](OC(C)=O)[C@]1(C)[C@@H]2CC[C@@H]2[C@H](/C(C)=C\CCC(C)(C)O)CC[C@]21C. The first kappa shape index (κ1) is 31.8. The van der Waals surface area contributed by atoms with E-state index in [1.54, 1.807) is 0 Å². The molecule has 230 valence electrons. The quantitative estimate of drug-likeness (QED) is 0.212. The van der Waals surface area contributed by atoms with E-state index in [0.29, 0.717) is 18.3 Å². The number of esters is 3. The number of cyclic esters (lactones) is 1. The van der Waals surface area contributed by atoms with E-state index >= 15 is 0 Å². The average Bonchev–Trinajstić information content (AvgIpc) is 3.15. The standard InChI is InChI=1S/C34H52O7/c1-21(11-10-16-30(4,5)38)24-14-17-32(8)25(24)12-13-26-33(32,9)28(40-23(3)36)19-27-31(6,7)41-29(37)15-18-34(26,27)20-39-22(2)35/h11,19,24-26,28,38H,10,12-18,20H2,1-9H3/b21-11-/t24-,25+,26-,28+,32+,33-,34-/m0/s1. The van der Waals surface area contributed by atoms with Crippen LogP contribution in [0.2, 0.25) is 0 Å². The molecule has 0 aromatic heterocycles. The molecule has 1 aliphatic heterocycles. The maximum absolute atomic E-state index is 12.9. The lowest BCUT2D eigenvalue weighted by molar-refractivity contribution is -0.203. The lowest BCUT2D eigenvalue weighted by Gasteiger charge is -2.66. The summed E-state index contributed by atoms with van der Waals surface area (Å²) in [5.74, 6) is -0.0894. The van der Waals surface area contributed by atoms with Crippen LogP contribution >= 0.6 is 0 Å². The summed E-state index contributed by atoms with van der Waals surface area (Å²) >= 11 is 0. The Bertz CT molecular complexity index is 1130. The van der Waals surface area contributed by atoms with Gasteiger partial charge in [-0.2, -0.15) is 0 Å². The first-order chi connectivity index (χ1) is 18.9. The van der Waals surface area contributed by atoms with Gasteiger partial charge in [0.05, 0.1) is 5.60 Å². The van der Waals surface area contributed by atoms with Gasteiger partial charge >= 0.3 is 17.9 Å². The van der Waals surface area contributed by atoms with Crippen LogP contribution in [0, 0.1) is 34.0 Å². The Balaban J connectivity index is 1.84. The van der Waals surface area contributed by atoms with Crippen molar-refractivity contribution in [3.8, 4) is 0 Å². The summed E-state index contributed by atoms with van der Waals surface area (Å²) in [7, 11) is 0. The number of aliphatic hydroxyl groups is 1. The summed E-state index contributed by atoms with van der Waals surface area (Å²) in [5, 5.41) is 10.2. The van der Waals surface area contributed by atoms with Crippen molar-refractivity contribution in [2.45, 2.75) is 131 Å². The monoisotopic (exact) mass is 572 g/mol. The van der Waals surface area contributed by atoms with Gasteiger partial charge in [0.2, 0.25) is 0 Å². The average molecular weight is 573 g/mol. The molecule has 7 heteroatoms. The molecule has 41 heavy (non-hydrogen) atoms. The lowest BCUT2D eigenvalue weighted by atomic mass is 9.39. The van der Waals surface area contributed by atoms with Gasteiger partial charge in [0.25, 0.3) is 0 Å². The Kier molecular flexibility index (Phi) is 8.40. The first-order valence-corrected chi connectivity index (χ1v) is 15.5. The van der Waals surface area contributed by atoms with Crippen LogP contribution in [-0.2, 0) is 28.6 Å². The minimum Gasteiger partial charge on any atom is -0.465 e. The van der Waals surface area contributed by atoms with E-state index < -0.39 is 28.1 Å². The van der Waals surface area contributed by atoms with Gasteiger partial charge in [0, 0.05) is 31.1 Å². The molecular weight excluding hydrogens is 520 g/mol. The topological polar surface area (TPSA) is 99.1 Å². The smallest absolute Gasteiger partial charge is 0.306 e. The van der Waals surface area contributed by atoms with Crippen LogP contribution in [-0.4, -0.2) is 46.9 Å². The zero-order chi connectivity index (χ0) is 30.6. The van der Waals surface area contributed by atoms with Crippen LogP contribution in [0.15, 0.2) is 23.3 Å². The van der Waals surface area contributed by atoms with Crippen molar-refractivity contribution < 1.29 is 33.7 Å². The van der Waals surface area contributed by atoms with E-state index in [2.05, 4.69) is 32.9 Å². The third-order valence-electron chi connectivity index (χ3n) is 11.5. The number of hydrogen-bond acceptors (Lipinski definition) is 7. The fourth-order valence-electron chi connectivity index (χ4n) is 9.56. The summed E-state index contributed by atoms with van der Waals surface area (Å²) in [6.07, 6.45) is 10.2. The van der Waals surface area contributed by atoms with Crippen molar-refractivity contribution in [1.82, 2.24) is 0 Å². The Morgan fingerprint density at radius 2 is 1.76 bits per heavy atom. The van der Waals surface area contributed by atoms with Gasteiger partial charge in [0.15, 0.2) is 0 Å². The maximum atomic E-state index is 12.9. The highest BCUT2D eigenvalue weighted by molar-refractivity contribution is 5.72. The van der Waals surface area contributed by atoms with Crippen molar-refractivity contribution in [3.63, 3.8) is 0 Å². The molecule has 0 aromatic carbocycles. The van der Waals surface area contributed by atoms with E-state index in [0.717, 1.165) is 44.1 Å². The Labute approximate surface area is 246 Å². The summed E-state index contributed by atoms with van der Waals surface area (Å²) < 4.78 is 18.0. The normalized spacial score (nSPS) is 38.4. The van der Waals surface area contributed by atoms with Crippen molar-refractivity contribution in [2.24, 2.45) is 34.0 Å². The number of carbonyl (C=O) groups is 3. The van der Waals surface area contributed by atoms with E-state index in [4.69, 9.17) is 14.2 Å². The third-order valence-corrected chi connectivity index (χ3v) is 11.5. The molecule has 0 bridgehead atoms. The number of carbonyl (C=O) groups excluding carboxylic acids is 3. The molecule has 4 rings (SSSR count). The van der Waals surface area contributed by atoms with Crippen LogP contribution in [0.4, 0.5) is 0 Å². The minimum absolute atomic E-state index is 0.0203. The molecule has 4 aliphatic rings. The second-order valence-electron chi connectivity index (χ2n) is 14.9. The van der Waals surface area contributed by atoms with E-state index in [1.165, 1.54) is 19.4 Å². The molecule has 1 heterocycles. The van der Waals surface area contributed by atoms with E-state index in [1.807, 2.05) is 27.7 Å². The summed E-state index contributed by atoms with van der Waals surface area (Å²) in [6.45, 7) is 17.5. The molecule has 0 amide bonds. The Morgan fingerprint density at radius 3 is 2.37 bits per heavy atom. The highest BCUT2D eigenvalue weighted by Gasteiger charge is 2.71. The molecular formula is C34H52O7. The molecule has 1 saturated heterocycles. The predicted molar refractivity (Wildman–Crippen MR) is 157 cm³/mol. The largest absolute Gasteiger partial charge is 0.465 e. The summed E-state index contributed by atoms with van der Waals surface area (Å²) in [4.78, 5) is 37.7. The van der Waals surface area contributed by atoms with Crippen LogP contribution in [0.25, 0.3) is 0 Å². The molecule has 0 unspecified atom stereocenters. The first-order valence-electron chi connectivity index (χ1n) is 15.5. The number of hydrogen-bond donors (Lipinski definition) is 1. The molecule has 7 atom stereocenters. The number of rotatable bonds is 7. The zero-order valence-electron chi connectivity index (χ0n) is 26.7. The number of fused-ring (bicyclic) bond motifs is 5. The van der Waals surface area contributed by atoms with Crippen LogP contribution < -0.4 is 0 Å². The van der Waals surface area contributed by atoms with Gasteiger partial charge in [-0.25, -0.2) is 0 Å². The molecule has 0 radical (unpaired) electrons. The lowest BCUT2D eigenvalue weighted by Crippen LogP contribution is -2.65. The van der Waals surface area contributed by atoms with Crippen molar-refractivity contribution in [1.29, 1.82) is 0 Å². The van der Waals surface area contributed by atoms with Gasteiger partial charge in [-0.05, 0) is 114 Å². The van der Waals surface area contributed by atoms with Crippen molar-refractivity contribution in [2.75, 3.05) is 6.61 Å². The fourth-order valence-corrected chi connectivity index (χ4v) is 9.56. The number of allylic oxidation sites excluding steroid dienone is 2. The number of ether oxygens (including phenoxy) is 3. The summed E-state index contributed by atoms with van der Waals surface area (Å²) in [6, 6.07) is 0. The Hall–Kier alpha value is -2.15. The third kappa shape index (κ3) is 5.52. The van der Waals surface area contributed by atoms with Crippen LogP contribution in [0.1, 0.15) is 114 Å². The van der Waals surface area contributed by atoms with Gasteiger partial charge in [-0.1, -0.05) is 25.5 Å². The maximum Gasteiger partial charge on any atom is 0.306 e. The van der Waals surface area contributed by atoms with Gasteiger partial charge in [-0.3, -0.25) is 14.4 Å². The zero-order valence-corrected chi connectivity index (χ0v) is 26.7.